The molecule has 23 heavy (non-hydrogen) atoms. The van der Waals surface area contributed by atoms with Crippen LogP contribution < -0.4 is 4.74 Å². The van der Waals surface area contributed by atoms with Crippen LogP contribution in [0.2, 0.25) is 0 Å². The maximum Gasteiger partial charge on any atom is 0.316 e. The lowest BCUT2D eigenvalue weighted by molar-refractivity contribution is -0.145. The summed E-state index contributed by atoms with van der Waals surface area (Å²) in [4.78, 5) is 12.4. The summed E-state index contributed by atoms with van der Waals surface area (Å²) in [6.07, 6.45) is 1.51. The van der Waals surface area contributed by atoms with Crippen LogP contribution in [0.4, 0.5) is 0 Å². The maximum atomic E-state index is 12.4. The lowest BCUT2D eigenvalue weighted by atomic mass is 9.84. The van der Waals surface area contributed by atoms with Crippen molar-refractivity contribution in [3.05, 3.63) is 29.8 Å². The number of hydrogen-bond acceptors (Lipinski definition) is 4. The van der Waals surface area contributed by atoms with Crippen molar-refractivity contribution < 1.29 is 19.0 Å². The Labute approximate surface area is 140 Å². The molecule has 0 aliphatic heterocycles. The number of esters is 1. The van der Waals surface area contributed by atoms with Gasteiger partial charge in [-0.2, -0.15) is 0 Å². The third kappa shape index (κ3) is 6.71. The van der Waals surface area contributed by atoms with E-state index in [4.69, 9.17) is 14.2 Å². The summed E-state index contributed by atoms with van der Waals surface area (Å²) < 4.78 is 16.3. The first-order chi connectivity index (χ1) is 10.7. The molecule has 0 spiro atoms. The van der Waals surface area contributed by atoms with Crippen LogP contribution in [-0.2, 0) is 20.9 Å². The predicted octanol–water partition coefficient (Wildman–Crippen LogP) is 4.36. The van der Waals surface area contributed by atoms with Crippen molar-refractivity contribution in [2.24, 2.45) is 5.41 Å². The zero-order valence-electron chi connectivity index (χ0n) is 15.3. The summed E-state index contributed by atoms with van der Waals surface area (Å²) in [5.41, 5.74) is 0.262. The van der Waals surface area contributed by atoms with E-state index in [9.17, 15) is 4.79 Å². The SMILES string of the molecule is CCOC(C)(C)CCC(C)(C)C(=O)Oc1ccc(COC)cc1. The summed E-state index contributed by atoms with van der Waals surface area (Å²) in [7, 11) is 1.65. The molecule has 0 amide bonds. The van der Waals surface area contributed by atoms with Crippen molar-refractivity contribution >= 4 is 5.97 Å². The molecular weight excluding hydrogens is 292 g/mol. The Bertz CT molecular complexity index is 489. The zero-order valence-corrected chi connectivity index (χ0v) is 15.3. The second-order valence-electron chi connectivity index (χ2n) is 7.04. The van der Waals surface area contributed by atoms with Crippen LogP contribution in [-0.4, -0.2) is 25.3 Å². The van der Waals surface area contributed by atoms with Gasteiger partial charge in [0.05, 0.1) is 17.6 Å². The summed E-state index contributed by atoms with van der Waals surface area (Å²) in [6, 6.07) is 7.40. The molecule has 0 N–H and O–H groups in total. The van der Waals surface area contributed by atoms with Gasteiger partial charge >= 0.3 is 5.97 Å². The van der Waals surface area contributed by atoms with Crippen molar-refractivity contribution in [2.75, 3.05) is 13.7 Å². The van der Waals surface area contributed by atoms with Crippen LogP contribution in [0.1, 0.15) is 53.0 Å². The van der Waals surface area contributed by atoms with Crippen molar-refractivity contribution in [2.45, 2.75) is 59.7 Å². The minimum Gasteiger partial charge on any atom is -0.426 e. The zero-order chi connectivity index (χ0) is 17.5. The van der Waals surface area contributed by atoms with Gasteiger partial charge < -0.3 is 14.2 Å². The second kappa shape index (κ2) is 8.46. The van der Waals surface area contributed by atoms with E-state index in [1.807, 2.05) is 46.8 Å². The van der Waals surface area contributed by atoms with Gasteiger partial charge in [0.15, 0.2) is 0 Å². The summed E-state index contributed by atoms with van der Waals surface area (Å²) >= 11 is 0. The van der Waals surface area contributed by atoms with E-state index >= 15 is 0 Å². The molecule has 0 aliphatic rings. The fourth-order valence-corrected chi connectivity index (χ4v) is 2.24. The third-order valence-corrected chi connectivity index (χ3v) is 3.88. The minimum atomic E-state index is -0.556. The van der Waals surface area contributed by atoms with E-state index < -0.39 is 5.41 Å². The number of hydrogen-bond donors (Lipinski definition) is 0. The quantitative estimate of drug-likeness (QED) is 0.500. The fourth-order valence-electron chi connectivity index (χ4n) is 2.24. The molecule has 1 aromatic carbocycles. The van der Waals surface area contributed by atoms with Crippen LogP contribution in [0.15, 0.2) is 24.3 Å². The van der Waals surface area contributed by atoms with Gasteiger partial charge in [0, 0.05) is 13.7 Å². The monoisotopic (exact) mass is 322 g/mol. The molecule has 0 unspecified atom stereocenters. The lowest BCUT2D eigenvalue weighted by Crippen LogP contribution is -2.33. The first kappa shape index (κ1) is 19.7. The topological polar surface area (TPSA) is 44.8 Å². The van der Waals surface area contributed by atoms with Gasteiger partial charge in [-0.3, -0.25) is 4.79 Å². The van der Waals surface area contributed by atoms with Gasteiger partial charge in [0.1, 0.15) is 5.75 Å². The average Bonchev–Trinajstić information content (AvgIpc) is 2.48. The molecule has 0 saturated heterocycles. The van der Waals surface area contributed by atoms with E-state index in [2.05, 4.69) is 0 Å². The molecule has 4 nitrogen and oxygen atoms in total. The van der Waals surface area contributed by atoms with Crippen LogP contribution in [0.3, 0.4) is 0 Å². The van der Waals surface area contributed by atoms with Crippen molar-refractivity contribution in [3.63, 3.8) is 0 Å². The Kier molecular flexibility index (Phi) is 7.23. The largest absolute Gasteiger partial charge is 0.426 e. The predicted molar refractivity (Wildman–Crippen MR) is 91.5 cm³/mol. The van der Waals surface area contributed by atoms with Gasteiger partial charge in [0.25, 0.3) is 0 Å². The maximum absolute atomic E-state index is 12.4. The molecule has 130 valence electrons. The van der Waals surface area contributed by atoms with Gasteiger partial charge in [0.2, 0.25) is 0 Å². The first-order valence-corrected chi connectivity index (χ1v) is 8.14. The molecule has 1 rings (SSSR count). The highest BCUT2D eigenvalue weighted by Gasteiger charge is 2.32. The molecular formula is C19H30O4. The lowest BCUT2D eigenvalue weighted by Gasteiger charge is -2.29. The molecule has 0 fully saturated rings. The summed E-state index contributed by atoms with van der Waals surface area (Å²) in [6.45, 7) is 11.1. The molecule has 0 aliphatic carbocycles. The Hall–Kier alpha value is -1.39. The van der Waals surface area contributed by atoms with E-state index in [0.29, 0.717) is 25.4 Å². The number of benzene rings is 1. The number of rotatable bonds is 9. The van der Waals surface area contributed by atoms with E-state index in [1.54, 1.807) is 19.2 Å². The van der Waals surface area contributed by atoms with E-state index in [0.717, 1.165) is 12.0 Å². The van der Waals surface area contributed by atoms with Crippen LogP contribution >= 0.6 is 0 Å². The van der Waals surface area contributed by atoms with Crippen LogP contribution in [0.5, 0.6) is 5.75 Å². The van der Waals surface area contributed by atoms with Crippen LogP contribution in [0, 0.1) is 5.41 Å². The van der Waals surface area contributed by atoms with Crippen LogP contribution in [0.25, 0.3) is 0 Å². The smallest absolute Gasteiger partial charge is 0.316 e. The highest BCUT2D eigenvalue weighted by atomic mass is 16.5. The normalized spacial score (nSPS) is 12.3. The number of methoxy groups -OCH3 is 1. The minimum absolute atomic E-state index is 0.218. The molecule has 4 heteroatoms. The number of ether oxygens (including phenoxy) is 3. The Balaban J connectivity index is 2.60. The Morgan fingerprint density at radius 2 is 1.65 bits per heavy atom. The van der Waals surface area contributed by atoms with E-state index in [-0.39, 0.29) is 11.6 Å². The standard InChI is InChI=1S/C19H30O4/c1-7-22-19(4,5)13-12-18(2,3)17(20)23-16-10-8-15(9-11-16)14-21-6/h8-11H,7,12-14H2,1-6H3. The average molecular weight is 322 g/mol. The summed E-state index contributed by atoms with van der Waals surface area (Å²) in [5, 5.41) is 0. The molecule has 0 heterocycles. The van der Waals surface area contributed by atoms with E-state index in [1.165, 1.54) is 0 Å². The molecule has 1 aromatic rings. The fraction of sp³-hybridized carbons (Fsp3) is 0.632. The highest BCUT2D eigenvalue weighted by molar-refractivity contribution is 5.78. The Morgan fingerprint density at radius 1 is 1.04 bits per heavy atom. The second-order valence-corrected chi connectivity index (χ2v) is 7.04. The van der Waals surface area contributed by atoms with Crippen molar-refractivity contribution in [1.82, 2.24) is 0 Å². The first-order valence-electron chi connectivity index (χ1n) is 8.14. The molecule has 0 atom stereocenters. The molecule has 0 radical (unpaired) electrons. The van der Waals surface area contributed by atoms with Gasteiger partial charge in [-0.25, -0.2) is 0 Å². The van der Waals surface area contributed by atoms with Gasteiger partial charge in [-0.15, -0.1) is 0 Å². The number of carbonyl (C=O) groups is 1. The number of carbonyl (C=O) groups excluding carboxylic acids is 1. The van der Waals surface area contributed by atoms with Gasteiger partial charge in [-0.1, -0.05) is 12.1 Å². The third-order valence-electron chi connectivity index (χ3n) is 3.88. The molecule has 0 bridgehead atoms. The Morgan fingerprint density at radius 3 is 2.17 bits per heavy atom. The van der Waals surface area contributed by atoms with Crippen molar-refractivity contribution in [3.8, 4) is 5.75 Å². The van der Waals surface area contributed by atoms with Gasteiger partial charge in [-0.05, 0) is 65.2 Å². The van der Waals surface area contributed by atoms with Crippen molar-refractivity contribution in [1.29, 1.82) is 0 Å². The molecule has 0 aromatic heterocycles. The summed E-state index contributed by atoms with van der Waals surface area (Å²) in [5.74, 6) is 0.344. The molecule has 0 saturated carbocycles. The highest BCUT2D eigenvalue weighted by Crippen LogP contribution is 2.30.